The van der Waals surface area contributed by atoms with E-state index in [4.69, 9.17) is 4.74 Å². The fourth-order valence-electron chi connectivity index (χ4n) is 4.07. The van der Waals surface area contributed by atoms with E-state index >= 15 is 0 Å². The maximum Gasteiger partial charge on any atom is 0.243 e. The molecule has 0 fully saturated rings. The Hall–Kier alpha value is -3.07. The first-order valence-corrected chi connectivity index (χ1v) is 14.7. The van der Waals surface area contributed by atoms with E-state index in [9.17, 15) is 18.0 Å². The molecule has 204 valence electrons. The van der Waals surface area contributed by atoms with Gasteiger partial charge >= 0.3 is 0 Å². The van der Waals surface area contributed by atoms with Crippen molar-refractivity contribution in [1.82, 2.24) is 10.2 Å². The Morgan fingerprint density at radius 2 is 1.62 bits per heavy atom. The summed E-state index contributed by atoms with van der Waals surface area (Å²) in [6, 6.07) is 14.1. The van der Waals surface area contributed by atoms with Crippen molar-refractivity contribution in [2.24, 2.45) is 0 Å². The number of hydrogen-bond acceptors (Lipinski definition) is 5. The number of carbonyl (C=O) groups excluding carboxylic acids is 2. The van der Waals surface area contributed by atoms with Crippen LogP contribution < -0.4 is 14.4 Å². The lowest BCUT2D eigenvalue weighted by Crippen LogP contribution is -2.50. The van der Waals surface area contributed by atoms with Gasteiger partial charge in [0.2, 0.25) is 21.8 Å². The smallest absolute Gasteiger partial charge is 0.243 e. The molecule has 1 atom stereocenters. The number of benzene rings is 2. The molecule has 0 heterocycles. The molecule has 1 N–H and O–H groups in total. The summed E-state index contributed by atoms with van der Waals surface area (Å²) < 4.78 is 31.8. The highest BCUT2D eigenvalue weighted by molar-refractivity contribution is 7.92. The summed E-state index contributed by atoms with van der Waals surface area (Å²) in [4.78, 5) is 28.0. The van der Waals surface area contributed by atoms with Gasteiger partial charge in [-0.3, -0.25) is 13.9 Å². The number of ether oxygens (including phenoxy) is 1. The molecule has 0 spiro atoms. The third kappa shape index (κ3) is 9.39. The minimum absolute atomic E-state index is 0.0460. The minimum atomic E-state index is -3.56. The van der Waals surface area contributed by atoms with E-state index in [2.05, 4.69) is 5.32 Å². The zero-order valence-corrected chi connectivity index (χ0v) is 23.7. The van der Waals surface area contributed by atoms with Crippen LogP contribution in [0, 0.1) is 6.92 Å². The van der Waals surface area contributed by atoms with Gasteiger partial charge in [-0.2, -0.15) is 0 Å². The Morgan fingerprint density at radius 1 is 1.00 bits per heavy atom. The van der Waals surface area contributed by atoms with E-state index in [1.54, 1.807) is 29.2 Å². The van der Waals surface area contributed by atoms with Crippen molar-refractivity contribution in [2.45, 2.75) is 72.5 Å². The van der Waals surface area contributed by atoms with E-state index in [-0.39, 0.29) is 30.8 Å². The zero-order chi connectivity index (χ0) is 27.6. The fourth-order valence-corrected chi connectivity index (χ4v) is 5.04. The van der Waals surface area contributed by atoms with Crippen molar-refractivity contribution in [1.29, 1.82) is 0 Å². The number of nitrogens with zero attached hydrogens (tertiary/aromatic N) is 2. The number of rotatable bonds is 14. The molecular formula is C28H41N3O5S. The Labute approximate surface area is 222 Å². The number of hydrogen-bond donors (Lipinski definition) is 1. The summed E-state index contributed by atoms with van der Waals surface area (Å²) in [6.07, 6.45) is 2.04. The van der Waals surface area contributed by atoms with E-state index in [0.717, 1.165) is 17.4 Å². The summed E-state index contributed by atoms with van der Waals surface area (Å²) in [5, 5.41) is 2.92. The van der Waals surface area contributed by atoms with Crippen molar-refractivity contribution in [3.63, 3.8) is 0 Å². The minimum Gasteiger partial charge on any atom is -0.494 e. The number of sulfonamides is 1. The van der Waals surface area contributed by atoms with Crippen LogP contribution in [0.25, 0.3) is 0 Å². The molecule has 2 aromatic carbocycles. The van der Waals surface area contributed by atoms with Crippen LogP contribution >= 0.6 is 0 Å². The molecule has 0 aliphatic rings. The maximum atomic E-state index is 13.5. The highest BCUT2D eigenvalue weighted by atomic mass is 32.2. The number of carbonyl (C=O) groups is 2. The molecule has 0 aliphatic carbocycles. The second-order valence-electron chi connectivity index (χ2n) is 9.46. The SMILES string of the molecule is CCOc1ccc(N(CCCC(=O)N(Cc2ccc(C)cc2)[C@H](CC)C(=O)NC(C)C)S(C)(=O)=O)cc1. The molecule has 0 aromatic heterocycles. The van der Waals surface area contributed by atoms with Crippen LogP contribution in [0.2, 0.25) is 0 Å². The Morgan fingerprint density at radius 3 is 2.14 bits per heavy atom. The lowest BCUT2D eigenvalue weighted by molar-refractivity contribution is -0.141. The van der Waals surface area contributed by atoms with Crippen molar-refractivity contribution >= 4 is 27.5 Å². The van der Waals surface area contributed by atoms with Gasteiger partial charge in [0.1, 0.15) is 11.8 Å². The Balaban J connectivity index is 2.19. The molecule has 0 radical (unpaired) electrons. The van der Waals surface area contributed by atoms with Crippen LogP contribution in [0.3, 0.4) is 0 Å². The molecule has 0 saturated carbocycles. The Kier molecular flexibility index (Phi) is 11.4. The molecule has 9 heteroatoms. The highest BCUT2D eigenvalue weighted by Crippen LogP contribution is 2.23. The van der Waals surface area contributed by atoms with E-state index in [1.165, 1.54) is 4.31 Å². The number of amides is 2. The summed E-state index contributed by atoms with van der Waals surface area (Å²) in [7, 11) is -3.56. The number of aryl methyl sites for hydroxylation is 1. The van der Waals surface area contributed by atoms with Crippen molar-refractivity contribution < 1.29 is 22.7 Å². The quantitative estimate of drug-likeness (QED) is 0.393. The molecule has 0 unspecified atom stereocenters. The van der Waals surface area contributed by atoms with Crippen LogP contribution in [0.1, 0.15) is 58.1 Å². The van der Waals surface area contributed by atoms with Crippen LogP contribution in [-0.4, -0.2) is 56.6 Å². The third-order valence-corrected chi connectivity index (χ3v) is 7.07. The predicted octanol–water partition coefficient (Wildman–Crippen LogP) is 4.27. The molecule has 2 aromatic rings. The third-order valence-electron chi connectivity index (χ3n) is 5.88. The van der Waals surface area contributed by atoms with Gasteiger partial charge in [-0.05, 0) is 70.4 Å². The molecule has 0 aliphatic heterocycles. The van der Waals surface area contributed by atoms with Gasteiger partial charge in [0.15, 0.2) is 0 Å². The summed E-state index contributed by atoms with van der Waals surface area (Å²) in [5.41, 5.74) is 2.56. The van der Waals surface area contributed by atoms with Crippen LogP contribution in [0.5, 0.6) is 5.75 Å². The van der Waals surface area contributed by atoms with Crippen LogP contribution in [0.4, 0.5) is 5.69 Å². The Bertz CT molecular complexity index is 1120. The first kappa shape index (κ1) is 30.2. The van der Waals surface area contributed by atoms with Gasteiger partial charge in [0.25, 0.3) is 0 Å². The van der Waals surface area contributed by atoms with E-state index in [1.807, 2.05) is 58.9 Å². The first-order chi connectivity index (χ1) is 17.5. The second-order valence-corrected chi connectivity index (χ2v) is 11.4. The normalized spacial score (nSPS) is 12.2. The molecular weight excluding hydrogens is 490 g/mol. The van der Waals surface area contributed by atoms with Gasteiger partial charge in [0.05, 0.1) is 18.6 Å². The second kappa shape index (κ2) is 14.0. The van der Waals surface area contributed by atoms with E-state index < -0.39 is 16.1 Å². The van der Waals surface area contributed by atoms with Gasteiger partial charge < -0.3 is 15.0 Å². The molecule has 2 amide bonds. The summed E-state index contributed by atoms with van der Waals surface area (Å²) in [6.45, 7) is 10.5. The zero-order valence-electron chi connectivity index (χ0n) is 22.9. The molecule has 0 bridgehead atoms. The molecule has 37 heavy (non-hydrogen) atoms. The molecule has 2 rings (SSSR count). The van der Waals surface area contributed by atoms with Crippen molar-refractivity contribution in [3.8, 4) is 5.75 Å². The largest absolute Gasteiger partial charge is 0.494 e. The van der Waals surface area contributed by atoms with Crippen molar-refractivity contribution in [3.05, 3.63) is 59.7 Å². The average molecular weight is 532 g/mol. The van der Waals surface area contributed by atoms with Gasteiger partial charge in [-0.1, -0.05) is 36.8 Å². The monoisotopic (exact) mass is 531 g/mol. The van der Waals surface area contributed by atoms with Gasteiger partial charge in [-0.25, -0.2) is 8.42 Å². The average Bonchev–Trinajstić information content (AvgIpc) is 2.82. The lowest BCUT2D eigenvalue weighted by Gasteiger charge is -2.31. The first-order valence-electron chi connectivity index (χ1n) is 12.8. The molecule has 0 saturated heterocycles. The van der Waals surface area contributed by atoms with Crippen LogP contribution in [-0.2, 0) is 26.2 Å². The summed E-state index contributed by atoms with van der Waals surface area (Å²) >= 11 is 0. The van der Waals surface area contributed by atoms with Crippen LogP contribution in [0.15, 0.2) is 48.5 Å². The fraction of sp³-hybridized carbons (Fsp3) is 0.500. The highest BCUT2D eigenvalue weighted by Gasteiger charge is 2.29. The van der Waals surface area contributed by atoms with Gasteiger partial charge in [0, 0.05) is 25.6 Å². The van der Waals surface area contributed by atoms with Gasteiger partial charge in [-0.15, -0.1) is 0 Å². The van der Waals surface area contributed by atoms with E-state index in [0.29, 0.717) is 37.4 Å². The standard InChI is InChI=1S/C28H41N3O5S/c1-7-26(28(33)29-21(3)4)30(20-23-13-11-22(5)12-14-23)27(32)10-9-19-31(37(6,34)35)24-15-17-25(18-16-24)36-8-2/h11-18,21,26H,7-10,19-20H2,1-6H3,(H,29,33)/t26-/m1/s1. The predicted molar refractivity (Wildman–Crippen MR) is 148 cm³/mol. The number of nitrogens with one attached hydrogen (secondary N) is 1. The molecule has 8 nitrogen and oxygen atoms in total. The maximum absolute atomic E-state index is 13.5. The van der Waals surface area contributed by atoms with Crippen molar-refractivity contribution in [2.75, 3.05) is 23.7 Å². The topological polar surface area (TPSA) is 96.0 Å². The summed E-state index contributed by atoms with van der Waals surface area (Å²) in [5.74, 6) is 0.281. The number of anilines is 1. The lowest BCUT2D eigenvalue weighted by atomic mass is 10.1.